The van der Waals surface area contributed by atoms with Crippen molar-refractivity contribution in [3.8, 4) is 11.1 Å². The molecule has 7 rings (SSSR count). The van der Waals surface area contributed by atoms with Gasteiger partial charge in [-0.2, -0.15) is 0 Å². The molecular weight excluding hydrogens is 512 g/mol. The fourth-order valence-corrected chi connectivity index (χ4v) is 9.48. The first kappa shape index (κ1) is 24.5. The van der Waals surface area contributed by atoms with Crippen LogP contribution >= 0.6 is 22.9 Å². The molecule has 0 aliphatic heterocycles. The zero-order chi connectivity index (χ0) is 26.1. The Morgan fingerprint density at radius 2 is 1.58 bits per heavy atom. The van der Waals surface area contributed by atoms with Gasteiger partial charge in [-0.25, -0.2) is 4.98 Å². The predicted octanol–water partition coefficient (Wildman–Crippen LogP) is 8.19. The van der Waals surface area contributed by atoms with Gasteiger partial charge in [0.25, 0.3) is 5.91 Å². The number of fused-ring (bicyclic) bond motifs is 3. The summed E-state index contributed by atoms with van der Waals surface area (Å²) in [5.41, 5.74) is 5.87. The lowest BCUT2D eigenvalue weighted by molar-refractivity contribution is 0.0944. The van der Waals surface area contributed by atoms with Gasteiger partial charge in [-0.1, -0.05) is 56.2 Å². The van der Waals surface area contributed by atoms with Gasteiger partial charge in [-0.3, -0.25) is 14.8 Å². The molecule has 0 radical (unpaired) electrons. The van der Waals surface area contributed by atoms with Gasteiger partial charge in [0.2, 0.25) is 0 Å². The van der Waals surface area contributed by atoms with Crippen LogP contribution in [0.25, 0.3) is 32.4 Å². The Morgan fingerprint density at radius 3 is 2.24 bits per heavy atom. The summed E-state index contributed by atoms with van der Waals surface area (Å²) in [4.78, 5) is 29.7. The number of carbonyl (C=O) groups excluding carboxylic acids is 1. The number of amides is 1. The molecule has 7 heteroatoms. The zero-order valence-electron chi connectivity index (χ0n) is 22.1. The number of benzene rings is 1. The number of nitrogens with one attached hydrogen (secondary N) is 1. The number of halogens is 1. The van der Waals surface area contributed by atoms with Gasteiger partial charge in [0, 0.05) is 29.4 Å². The van der Waals surface area contributed by atoms with Crippen LogP contribution in [0.4, 0.5) is 0 Å². The third-order valence-electron chi connectivity index (χ3n) is 9.93. The quantitative estimate of drug-likeness (QED) is 0.282. The average Bonchev–Trinajstić information content (AvgIpc) is 3.22. The van der Waals surface area contributed by atoms with E-state index in [1.54, 1.807) is 12.4 Å². The maximum atomic E-state index is 14.3. The number of aromatic nitrogens is 3. The van der Waals surface area contributed by atoms with Gasteiger partial charge in [0.15, 0.2) is 0 Å². The van der Waals surface area contributed by atoms with Gasteiger partial charge in [-0.15, -0.1) is 11.3 Å². The van der Waals surface area contributed by atoms with E-state index in [1.807, 2.05) is 32.0 Å². The molecule has 1 aromatic carbocycles. The van der Waals surface area contributed by atoms with Crippen molar-refractivity contribution in [3.63, 3.8) is 0 Å². The number of carbonyl (C=O) groups is 1. The minimum Gasteiger partial charge on any atom is -0.347 e. The lowest BCUT2D eigenvalue weighted by atomic mass is 9.73. The lowest BCUT2D eigenvalue weighted by Gasteiger charge is -2.31. The summed E-state index contributed by atoms with van der Waals surface area (Å²) in [6, 6.07) is 6.35. The largest absolute Gasteiger partial charge is 0.347 e. The first-order valence-corrected chi connectivity index (χ1v) is 15.3. The molecule has 0 atom stereocenters. The molecule has 196 valence electrons. The highest BCUT2D eigenvalue weighted by Gasteiger charge is 2.75. The van der Waals surface area contributed by atoms with Crippen molar-refractivity contribution in [2.24, 2.45) is 10.8 Å². The number of rotatable bonds is 3. The van der Waals surface area contributed by atoms with Crippen molar-refractivity contribution < 1.29 is 4.79 Å². The van der Waals surface area contributed by atoms with Gasteiger partial charge in [-0.05, 0) is 73.6 Å². The van der Waals surface area contributed by atoms with Crippen molar-refractivity contribution in [2.75, 3.05) is 0 Å². The monoisotopic (exact) mass is 544 g/mol. The predicted molar refractivity (Wildman–Crippen MR) is 155 cm³/mol. The van der Waals surface area contributed by atoms with E-state index in [4.69, 9.17) is 16.6 Å². The molecule has 1 N–H and O–H groups in total. The Kier molecular flexibility index (Phi) is 5.79. The van der Waals surface area contributed by atoms with Crippen LogP contribution in [0.1, 0.15) is 85.1 Å². The van der Waals surface area contributed by atoms with Crippen molar-refractivity contribution in [3.05, 3.63) is 51.7 Å². The molecule has 3 heterocycles. The highest BCUT2D eigenvalue weighted by Crippen LogP contribution is 2.75. The molecule has 38 heavy (non-hydrogen) atoms. The minimum absolute atomic E-state index is 0.0350. The average molecular weight is 545 g/mol. The minimum atomic E-state index is 0.0350. The molecule has 3 aliphatic rings. The van der Waals surface area contributed by atoms with Crippen molar-refractivity contribution >= 4 is 50.1 Å². The molecule has 5 nitrogen and oxygen atoms in total. The van der Waals surface area contributed by atoms with E-state index in [2.05, 4.69) is 15.3 Å². The van der Waals surface area contributed by atoms with Crippen LogP contribution in [0.2, 0.25) is 5.02 Å². The van der Waals surface area contributed by atoms with E-state index < -0.39 is 0 Å². The molecule has 0 unspecified atom stereocenters. The summed E-state index contributed by atoms with van der Waals surface area (Å²) in [6.45, 7) is 3.97. The number of aryl methyl sites for hydroxylation is 2. The lowest BCUT2D eigenvalue weighted by Crippen LogP contribution is -2.31. The number of pyridine rings is 1. The number of thiophene rings is 1. The highest BCUT2D eigenvalue weighted by atomic mass is 35.5. The molecule has 3 aliphatic carbocycles. The second-order valence-electron chi connectivity index (χ2n) is 11.7. The second kappa shape index (κ2) is 8.99. The molecule has 3 fully saturated rings. The third-order valence-corrected chi connectivity index (χ3v) is 11.6. The molecule has 4 aromatic rings. The first-order valence-electron chi connectivity index (χ1n) is 14.1. The standard InChI is InChI=1S/C31H33ClN4OS/c1-18-23-24(20-9-10-21-22(17-20)34-16-15-33-21)26(38-28(23)35-19(2)25(18)32)27(37)36-29-30(11-5-3-6-12-30)31(29)13-7-4-8-14-31/h9-10,15-17,29H,3-8,11-14H2,1-2H3,(H,36,37). The van der Waals surface area contributed by atoms with E-state index in [-0.39, 0.29) is 11.9 Å². The van der Waals surface area contributed by atoms with Crippen LogP contribution in [0.15, 0.2) is 30.6 Å². The van der Waals surface area contributed by atoms with Crippen LogP contribution in [-0.4, -0.2) is 26.9 Å². The molecular formula is C31H33ClN4OS. The van der Waals surface area contributed by atoms with Crippen molar-refractivity contribution in [1.29, 1.82) is 0 Å². The normalized spacial score (nSPS) is 20.4. The maximum Gasteiger partial charge on any atom is 0.262 e. The summed E-state index contributed by atoms with van der Waals surface area (Å²) in [7, 11) is 0. The fourth-order valence-electron chi connectivity index (χ4n) is 8.13. The summed E-state index contributed by atoms with van der Waals surface area (Å²) >= 11 is 8.20. The van der Waals surface area contributed by atoms with E-state index in [0.29, 0.717) is 15.9 Å². The number of nitrogens with zero attached hydrogens (tertiary/aromatic N) is 3. The van der Waals surface area contributed by atoms with Crippen LogP contribution in [-0.2, 0) is 0 Å². The van der Waals surface area contributed by atoms with Crippen molar-refractivity contribution in [2.45, 2.75) is 84.1 Å². The Balaban J connectivity index is 1.35. The van der Waals surface area contributed by atoms with Crippen LogP contribution in [0.5, 0.6) is 0 Å². The smallest absolute Gasteiger partial charge is 0.262 e. The summed E-state index contributed by atoms with van der Waals surface area (Å²) in [5, 5.41) is 5.26. The Bertz CT molecular complexity index is 1560. The summed E-state index contributed by atoms with van der Waals surface area (Å²) < 4.78 is 0. The van der Waals surface area contributed by atoms with E-state index in [0.717, 1.165) is 48.5 Å². The first-order chi connectivity index (χ1) is 18.4. The molecule has 3 saturated carbocycles. The van der Waals surface area contributed by atoms with Crippen LogP contribution in [0, 0.1) is 24.7 Å². The number of hydrogen-bond acceptors (Lipinski definition) is 5. The fraction of sp³-hybridized carbons (Fsp3) is 0.484. The van der Waals surface area contributed by atoms with Gasteiger partial charge < -0.3 is 5.32 Å². The second-order valence-corrected chi connectivity index (χ2v) is 13.1. The summed E-state index contributed by atoms with van der Waals surface area (Å²) in [5.74, 6) is 0.0350. The Hall–Kier alpha value is -2.57. The molecule has 3 aromatic heterocycles. The molecule has 2 spiro atoms. The maximum absolute atomic E-state index is 14.3. The Morgan fingerprint density at radius 1 is 0.947 bits per heavy atom. The molecule has 1 amide bonds. The number of hydrogen-bond donors (Lipinski definition) is 1. The van der Waals surface area contributed by atoms with E-state index >= 15 is 0 Å². The molecule has 0 saturated heterocycles. The highest BCUT2D eigenvalue weighted by molar-refractivity contribution is 7.21. The van der Waals surface area contributed by atoms with Gasteiger partial charge in [0.05, 0.1) is 21.7 Å². The van der Waals surface area contributed by atoms with Gasteiger partial charge >= 0.3 is 0 Å². The SMILES string of the molecule is Cc1nc2sc(C(=O)NC3C4(CCCCC4)C34CCCCC4)c(-c3ccc4nccnc4c3)c2c(C)c1Cl. The topological polar surface area (TPSA) is 67.8 Å². The van der Waals surface area contributed by atoms with Crippen molar-refractivity contribution in [1.82, 2.24) is 20.3 Å². The van der Waals surface area contributed by atoms with Crippen LogP contribution in [0.3, 0.4) is 0 Å². The zero-order valence-corrected chi connectivity index (χ0v) is 23.6. The van der Waals surface area contributed by atoms with E-state index in [1.165, 1.54) is 75.5 Å². The van der Waals surface area contributed by atoms with Gasteiger partial charge in [0.1, 0.15) is 9.71 Å². The Labute approximate surface area is 232 Å². The molecule has 0 bridgehead atoms. The third kappa shape index (κ3) is 3.49. The van der Waals surface area contributed by atoms with E-state index in [9.17, 15) is 4.79 Å². The van der Waals surface area contributed by atoms with Crippen LogP contribution < -0.4 is 5.32 Å². The summed E-state index contributed by atoms with van der Waals surface area (Å²) in [6.07, 6.45) is 16.3.